The Morgan fingerprint density at radius 2 is 1.69 bits per heavy atom. The maximum atomic E-state index is 11.7. The Hall–Kier alpha value is -0.530. The van der Waals surface area contributed by atoms with Gasteiger partial charge in [-0.1, -0.05) is 6.92 Å². The summed E-state index contributed by atoms with van der Waals surface area (Å²) in [5.74, 6) is 0.0312. The van der Waals surface area contributed by atoms with Crippen molar-refractivity contribution in [2.45, 2.75) is 52.6 Å². The van der Waals surface area contributed by atoms with Crippen LogP contribution >= 0.6 is 0 Å². The smallest absolute Gasteiger partial charge is 0.312 e. The van der Waals surface area contributed by atoms with Crippen molar-refractivity contribution in [3.05, 3.63) is 0 Å². The number of carbonyl (C=O) groups excluding carboxylic acids is 1. The molecular formula is C11H18O2. The van der Waals surface area contributed by atoms with Gasteiger partial charge in [-0.25, -0.2) is 0 Å². The first kappa shape index (κ1) is 9.04. The van der Waals surface area contributed by atoms with E-state index in [-0.39, 0.29) is 17.0 Å². The molecule has 0 aromatic rings. The number of rotatable bonds is 1. The second kappa shape index (κ2) is 2.10. The highest BCUT2D eigenvalue weighted by Crippen LogP contribution is 2.73. The minimum atomic E-state index is -0.326. The van der Waals surface area contributed by atoms with Crippen LogP contribution < -0.4 is 0 Å². The molecule has 2 nitrogen and oxygen atoms in total. The number of hydrogen-bond acceptors (Lipinski definition) is 2. The van der Waals surface area contributed by atoms with E-state index in [1.54, 1.807) is 0 Å². The Bertz CT molecular complexity index is 240. The highest BCUT2D eigenvalue weighted by Gasteiger charge is 2.70. The Balaban J connectivity index is 1.94. The Labute approximate surface area is 79.7 Å². The summed E-state index contributed by atoms with van der Waals surface area (Å²) in [7, 11) is 0. The largest absolute Gasteiger partial charge is 0.460 e. The van der Waals surface area contributed by atoms with Crippen molar-refractivity contribution < 1.29 is 9.53 Å². The van der Waals surface area contributed by atoms with E-state index in [2.05, 4.69) is 6.92 Å². The summed E-state index contributed by atoms with van der Waals surface area (Å²) in [6.45, 7) is 8.04. The summed E-state index contributed by atoms with van der Waals surface area (Å²) in [4.78, 5) is 11.7. The van der Waals surface area contributed by atoms with Crippen LogP contribution in [0.2, 0.25) is 0 Å². The molecule has 0 saturated heterocycles. The van der Waals surface area contributed by atoms with Gasteiger partial charge < -0.3 is 4.74 Å². The molecule has 13 heavy (non-hydrogen) atoms. The van der Waals surface area contributed by atoms with Gasteiger partial charge in [0.2, 0.25) is 0 Å². The first-order valence-corrected chi connectivity index (χ1v) is 4.98. The van der Waals surface area contributed by atoms with E-state index in [1.165, 1.54) is 0 Å². The molecule has 0 aromatic heterocycles. The van der Waals surface area contributed by atoms with Crippen molar-refractivity contribution in [1.82, 2.24) is 0 Å². The Morgan fingerprint density at radius 3 is 2.00 bits per heavy atom. The molecule has 3 saturated carbocycles. The quantitative estimate of drug-likeness (QED) is 0.582. The van der Waals surface area contributed by atoms with E-state index in [0.717, 1.165) is 19.3 Å². The van der Waals surface area contributed by atoms with E-state index in [9.17, 15) is 4.79 Å². The lowest BCUT2D eigenvalue weighted by atomic mass is 9.36. The predicted octanol–water partition coefficient (Wildman–Crippen LogP) is 2.52. The van der Waals surface area contributed by atoms with Gasteiger partial charge in [0, 0.05) is 0 Å². The van der Waals surface area contributed by atoms with E-state index < -0.39 is 0 Å². The summed E-state index contributed by atoms with van der Waals surface area (Å²) in [5, 5.41) is 0. The summed E-state index contributed by atoms with van der Waals surface area (Å²) < 4.78 is 5.39. The molecule has 74 valence electrons. The van der Waals surface area contributed by atoms with Crippen LogP contribution in [-0.2, 0) is 9.53 Å². The van der Waals surface area contributed by atoms with Crippen molar-refractivity contribution in [2.24, 2.45) is 10.8 Å². The number of esters is 1. The lowest BCUT2D eigenvalue weighted by Crippen LogP contribution is -2.64. The van der Waals surface area contributed by atoms with Gasteiger partial charge in [-0.15, -0.1) is 0 Å². The van der Waals surface area contributed by atoms with Crippen LogP contribution in [-0.4, -0.2) is 11.6 Å². The topological polar surface area (TPSA) is 26.3 Å². The van der Waals surface area contributed by atoms with Crippen LogP contribution in [0.1, 0.15) is 47.0 Å². The fraction of sp³-hybridized carbons (Fsp3) is 0.909. The lowest BCUT2D eigenvalue weighted by molar-refractivity contribution is -0.229. The lowest BCUT2D eigenvalue weighted by Gasteiger charge is -2.67. The molecule has 2 heteroatoms. The van der Waals surface area contributed by atoms with Crippen molar-refractivity contribution in [1.29, 1.82) is 0 Å². The van der Waals surface area contributed by atoms with Crippen LogP contribution in [0.4, 0.5) is 0 Å². The van der Waals surface area contributed by atoms with Gasteiger partial charge in [0.1, 0.15) is 5.60 Å². The molecule has 0 aliphatic heterocycles. The minimum Gasteiger partial charge on any atom is -0.460 e. The first-order valence-electron chi connectivity index (χ1n) is 4.98. The molecule has 0 unspecified atom stereocenters. The van der Waals surface area contributed by atoms with Crippen LogP contribution in [0.15, 0.2) is 0 Å². The summed E-state index contributed by atoms with van der Waals surface area (Å²) >= 11 is 0. The van der Waals surface area contributed by atoms with Crippen LogP contribution in [0.25, 0.3) is 0 Å². The molecule has 3 fully saturated rings. The zero-order valence-corrected chi connectivity index (χ0v) is 8.94. The molecule has 3 aliphatic rings. The highest BCUT2D eigenvalue weighted by atomic mass is 16.6. The maximum absolute atomic E-state index is 11.7. The van der Waals surface area contributed by atoms with E-state index >= 15 is 0 Å². The Kier molecular flexibility index (Phi) is 1.46. The van der Waals surface area contributed by atoms with E-state index in [4.69, 9.17) is 4.74 Å². The van der Waals surface area contributed by atoms with Gasteiger partial charge in [-0.05, 0) is 45.4 Å². The SMILES string of the molecule is CC12CC(C(=O)OC(C)(C)C)(C1)C2. The van der Waals surface area contributed by atoms with E-state index in [1.807, 2.05) is 20.8 Å². The molecule has 0 heterocycles. The zero-order chi connectivity index (χ0) is 9.91. The summed E-state index contributed by atoms with van der Waals surface area (Å²) in [6, 6.07) is 0. The van der Waals surface area contributed by atoms with Gasteiger partial charge in [-0.3, -0.25) is 4.79 Å². The van der Waals surface area contributed by atoms with Gasteiger partial charge in [0.05, 0.1) is 5.41 Å². The third-order valence-corrected chi connectivity index (χ3v) is 3.13. The normalized spacial score (nSPS) is 41.8. The zero-order valence-electron chi connectivity index (χ0n) is 8.94. The average Bonchev–Trinajstić information content (AvgIpc) is 1.73. The molecule has 3 aliphatic carbocycles. The first-order chi connectivity index (χ1) is 5.75. The van der Waals surface area contributed by atoms with Gasteiger partial charge in [-0.2, -0.15) is 0 Å². The molecule has 2 bridgehead atoms. The average molecular weight is 182 g/mol. The molecule has 3 rings (SSSR count). The molecule has 0 amide bonds. The van der Waals surface area contributed by atoms with Gasteiger partial charge in [0.25, 0.3) is 0 Å². The third kappa shape index (κ3) is 1.27. The monoisotopic (exact) mass is 182 g/mol. The van der Waals surface area contributed by atoms with Crippen LogP contribution in [0.5, 0.6) is 0 Å². The van der Waals surface area contributed by atoms with Crippen molar-refractivity contribution >= 4 is 5.97 Å². The number of hydrogen-bond donors (Lipinski definition) is 0. The van der Waals surface area contributed by atoms with Crippen LogP contribution in [0.3, 0.4) is 0 Å². The predicted molar refractivity (Wildman–Crippen MR) is 50.2 cm³/mol. The van der Waals surface area contributed by atoms with Crippen molar-refractivity contribution in [3.8, 4) is 0 Å². The van der Waals surface area contributed by atoms with Crippen molar-refractivity contribution in [2.75, 3.05) is 0 Å². The molecule has 0 atom stereocenters. The second-order valence-corrected chi connectivity index (χ2v) is 6.12. The van der Waals surface area contributed by atoms with Crippen LogP contribution in [0, 0.1) is 10.8 Å². The molecule has 0 spiro atoms. The number of carbonyl (C=O) groups is 1. The highest BCUT2D eigenvalue weighted by molar-refractivity contribution is 5.81. The van der Waals surface area contributed by atoms with Gasteiger partial charge in [0.15, 0.2) is 0 Å². The molecule has 0 aromatic carbocycles. The molecular weight excluding hydrogens is 164 g/mol. The fourth-order valence-electron chi connectivity index (χ4n) is 2.90. The van der Waals surface area contributed by atoms with E-state index in [0.29, 0.717) is 5.41 Å². The van der Waals surface area contributed by atoms with Crippen molar-refractivity contribution in [3.63, 3.8) is 0 Å². The minimum absolute atomic E-state index is 0.0312. The third-order valence-electron chi connectivity index (χ3n) is 3.13. The fourth-order valence-corrected chi connectivity index (χ4v) is 2.90. The molecule has 0 radical (unpaired) electrons. The Morgan fingerprint density at radius 1 is 1.23 bits per heavy atom. The molecule has 0 N–H and O–H groups in total. The summed E-state index contributed by atoms with van der Waals surface area (Å²) in [6.07, 6.45) is 3.15. The number of ether oxygens (including phenoxy) is 1. The summed E-state index contributed by atoms with van der Waals surface area (Å²) in [5.41, 5.74) is 0.0896. The maximum Gasteiger partial charge on any atom is 0.312 e. The van der Waals surface area contributed by atoms with Gasteiger partial charge >= 0.3 is 5.97 Å². The standard InChI is InChI=1S/C11H18O2/c1-9(2,3)13-8(12)11-5-10(4,6-11)7-11/h5-7H2,1-4H3. The second-order valence-electron chi connectivity index (χ2n) is 6.12.